The number of carbonyl (C=O) groups excluding carboxylic acids is 1. The van der Waals surface area contributed by atoms with Crippen LogP contribution in [0.1, 0.15) is 13.8 Å². The second kappa shape index (κ2) is 8.69. The van der Waals surface area contributed by atoms with E-state index in [9.17, 15) is 9.59 Å². The summed E-state index contributed by atoms with van der Waals surface area (Å²) >= 11 is 12.0. The smallest absolute Gasteiger partial charge is 0.317 e. The van der Waals surface area contributed by atoms with Crippen molar-refractivity contribution >= 4 is 40.9 Å². The Morgan fingerprint density at radius 2 is 1.88 bits per heavy atom. The fourth-order valence-corrected chi connectivity index (χ4v) is 3.18. The van der Waals surface area contributed by atoms with Crippen molar-refractivity contribution in [3.63, 3.8) is 0 Å². The molecule has 0 aromatic carbocycles. The van der Waals surface area contributed by atoms with Crippen LogP contribution in [0.25, 0.3) is 0 Å². The Kier molecular flexibility index (Phi) is 6.87. The van der Waals surface area contributed by atoms with Gasteiger partial charge < -0.3 is 14.9 Å². The van der Waals surface area contributed by atoms with Gasteiger partial charge >= 0.3 is 5.97 Å². The molecule has 1 saturated heterocycles. The third-order valence-corrected chi connectivity index (χ3v) is 4.61. The van der Waals surface area contributed by atoms with E-state index in [1.54, 1.807) is 22.1 Å². The lowest BCUT2D eigenvalue weighted by Crippen LogP contribution is -2.52. The largest absolute Gasteiger partial charge is 0.480 e. The molecule has 2 rings (SSSR count). The normalized spacial score (nSPS) is 15.1. The molecule has 0 unspecified atom stereocenters. The topological polar surface area (TPSA) is 77.0 Å². The maximum atomic E-state index is 12.5. The predicted molar refractivity (Wildman–Crippen MR) is 97.4 cm³/mol. The molecule has 1 amide bonds. The summed E-state index contributed by atoms with van der Waals surface area (Å²) in [6, 6.07) is 1.63. The first kappa shape index (κ1) is 19.8. The second-order valence-corrected chi connectivity index (χ2v) is 7.06. The van der Waals surface area contributed by atoms with Crippen LogP contribution in [0.5, 0.6) is 0 Å². The number of halogens is 2. The summed E-state index contributed by atoms with van der Waals surface area (Å²) in [6.45, 7) is 6.01. The van der Waals surface area contributed by atoms with Gasteiger partial charge in [-0.25, -0.2) is 4.98 Å². The highest BCUT2D eigenvalue weighted by Gasteiger charge is 2.25. The lowest BCUT2D eigenvalue weighted by Gasteiger charge is -2.37. The Bertz CT molecular complexity index is 634. The number of hydrogen-bond donors (Lipinski definition) is 1. The lowest BCUT2D eigenvalue weighted by atomic mass is 10.2. The molecule has 138 valence electrons. The minimum atomic E-state index is -0.935. The van der Waals surface area contributed by atoms with Crippen molar-refractivity contribution in [3.05, 3.63) is 22.3 Å². The minimum Gasteiger partial charge on any atom is -0.480 e. The number of hydrogen-bond acceptors (Lipinski definition) is 5. The fourth-order valence-electron chi connectivity index (χ4n) is 2.68. The van der Waals surface area contributed by atoms with E-state index in [4.69, 9.17) is 28.3 Å². The Hall–Kier alpha value is -1.57. The van der Waals surface area contributed by atoms with Gasteiger partial charge in [0.2, 0.25) is 5.91 Å². The molecule has 25 heavy (non-hydrogen) atoms. The van der Waals surface area contributed by atoms with E-state index in [2.05, 4.69) is 4.98 Å². The quantitative estimate of drug-likeness (QED) is 0.800. The van der Waals surface area contributed by atoms with E-state index in [1.165, 1.54) is 0 Å². The van der Waals surface area contributed by atoms with Crippen molar-refractivity contribution in [2.45, 2.75) is 19.9 Å². The maximum Gasteiger partial charge on any atom is 0.317 e. The molecule has 0 radical (unpaired) electrons. The first-order valence-electron chi connectivity index (χ1n) is 8.07. The van der Waals surface area contributed by atoms with Crippen LogP contribution < -0.4 is 4.90 Å². The van der Waals surface area contributed by atoms with E-state index in [0.29, 0.717) is 42.0 Å². The molecular formula is C16H22Cl2N4O3. The van der Waals surface area contributed by atoms with Crippen molar-refractivity contribution in [1.29, 1.82) is 0 Å². The number of rotatable bonds is 6. The van der Waals surface area contributed by atoms with Crippen LogP contribution in [0, 0.1) is 0 Å². The van der Waals surface area contributed by atoms with Crippen molar-refractivity contribution in [3.8, 4) is 0 Å². The van der Waals surface area contributed by atoms with E-state index < -0.39 is 5.97 Å². The number of carbonyl (C=O) groups is 2. The molecule has 1 aromatic heterocycles. The van der Waals surface area contributed by atoms with Crippen molar-refractivity contribution in [1.82, 2.24) is 14.8 Å². The Morgan fingerprint density at radius 3 is 2.40 bits per heavy atom. The highest BCUT2D eigenvalue weighted by Crippen LogP contribution is 2.26. The van der Waals surface area contributed by atoms with Crippen LogP contribution in [0.2, 0.25) is 10.0 Å². The molecule has 2 heterocycles. The van der Waals surface area contributed by atoms with Gasteiger partial charge in [-0.2, -0.15) is 0 Å². The number of carboxylic acids is 1. The third-order valence-electron chi connectivity index (χ3n) is 4.13. The molecule has 1 N–H and O–H groups in total. The number of nitrogens with zero attached hydrogens (tertiary/aromatic N) is 4. The molecule has 0 atom stereocenters. The average Bonchev–Trinajstić information content (AvgIpc) is 2.54. The molecule has 1 aliphatic heterocycles. The van der Waals surface area contributed by atoms with Crippen molar-refractivity contribution in [2.24, 2.45) is 0 Å². The van der Waals surface area contributed by atoms with Crippen LogP contribution in [0.4, 0.5) is 5.82 Å². The summed E-state index contributed by atoms with van der Waals surface area (Å²) < 4.78 is 0. The molecule has 1 fully saturated rings. The molecule has 7 nitrogen and oxygen atoms in total. The zero-order chi connectivity index (χ0) is 18.6. The van der Waals surface area contributed by atoms with Crippen molar-refractivity contribution < 1.29 is 14.7 Å². The average molecular weight is 389 g/mol. The highest BCUT2D eigenvalue weighted by molar-refractivity contribution is 6.36. The fraction of sp³-hybridized carbons (Fsp3) is 0.562. The molecule has 0 spiro atoms. The minimum absolute atomic E-state index is 0.0154. The summed E-state index contributed by atoms with van der Waals surface area (Å²) in [6.07, 6.45) is 1.55. The molecule has 1 aliphatic rings. The monoisotopic (exact) mass is 388 g/mol. The second-order valence-electron chi connectivity index (χ2n) is 6.22. The van der Waals surface area contributed by atoms with Crippen LogP contribution in [0.15, 0.2) is 12.3 Å². The molecule has 1 aromatic rings. The first-order valence-corrected chi connectivity index (χ1v) is 8.83. The predicted octanol–water partition coefficient (Wildman–Crippen LogP) is 1.83. The SMILES string of the molecule is CC(C)N(CC(=O)O)CC(=O)N1CCN(c2ncc(Cl)cc2Cl)CC1. The molecule has 0 saturated carbocycles. The molecule has 0 bridgehead atoms. The molecule has 0 aliphatic carbocycles. The number of piperazine rings is 1. The van der Waals surface area contributed by atoms with Crippen LogP contribution in [-0.2, 0) is 9.59 Å². The number of aliphatic carboxylic acids is 1. The van der Waals surface area contributed by atoms with E-state index >= 15 is 0 Å². The summed E-state index contributed by atoms with van der Waals surface area (Å²) in [4.78, 5) is 33.1. The third kappa shape index (κ3) is 5.45. The van der Waals surface area contributed by atoms with Crippen LogP contribution >= 0.6 is 23.2 Å². The van der Waals surface area contributed by atoms with Gasteiger partial charge in [0.15, 0.2) is 0 Å². The summed E-state index contributed by atoms with van der Waals surface area (Å²) in [7, 11) is 0. The molecular weight excluding hydrogens is 367 g/mol. The lowest BCUT2D eigenvalue weighted by molar-refractivity contribution is -0.140. The summed E-state index contributed by atoms with van der Waals surface area (Å²) in [5.74, 6) is -0.340. The van der Waals surface area contributed by atoms with Gasteiger partial charge in [-0.05, 0) is 19.9 Å². The van der Waals surface area contributed by atoms with Gasteiger partial charge in [0.1, 0.15) is 5.82 Å². The van der Waals surface area contributed by atoms with Gasteiger partial charge in [-0.15, -0.1) is 0 Å². The van der Waals surface area contributed by atoms with Crippen LogP contribution in [-0.4, -0.2) is 77.1 Å². The van der Waals surface area contributed by atoms with Gasteiger partial charge in [0, 0.05) is 38.4 Å². The Morgan fingerprint density at radius 1 is 1.24 bits per heavy atom. The highest BCUT2D eigenvalue weighted by atomic mass is 35.5. The van der Waals surface area contributed by atoms with Gasteiger partial charge in [-0.1, -0.05) is 23.2 Å². The van der Waals surface area contributed by atoms with Crippen molar-refractivity contribution in [2.75, 3.05) is 44.2 Å². The van der Waals surface area contributed by atoms with E-state index in [0.717, 1.165) is 0 Å². The van der Waals surface area contributed by atoms with E-state index in [-0.39, 0.29) is 25.0 Å². The van der Waals surface area contributed by atoms with Gasteiger partial charge in [-0.3, -0.25) is 14.5 Å². The first-order chi connectivity index (χ1) is 11.8. The molecule has 9 heteroatoms. The Labute approximate surface area is 157 Å². The Balaban J connectivity index is 1.92. The maximum absolute atomic E-state index is 12.5. The van der Waals surface area contributed by atoms with Crippen LogP contribution in [0.3, 0.4) is 0 Å². The number of pyridine rings is 1. The number of carboxylic acid groups (broad SMARTS) is 1. The number of amides is 1. The van der Waals surface area contributed by atoms with E-state index in [1.807, 2.05) is 18.7 Å². The zero-order valence-electron chi connectivity index (χ0n) is 14.3. The number of aromatic nitrogens is 1. The summed E-state index contributed by atoms with van der Waals surface area (Å²) in [5.41, 5.74) is 0. The van der Waals surface area contributed by atoms with Gasteiger partial charge in [0.25, 0.3) is 0 Å². The number of anilines is 1. The zero-order valence-corrected chi connectivity index (χ0v) is 15.8. The summed E-state index contributed by atoms with van der Waals surface area (Å²) in [5, 5.41) is 9.93. The standard InChI is InChI=1S/C16H22Cl2N4O3/c1-11(2)22(10-15(24)25)9-14(23)20-3-5-21(6-4-20)16-13(18)7-12(17)8-19-16/h7-8,11H,3-6,9-10H2,1-2H3,(H,24,25). The van der Waals surface area contributed by atoms with Gasteiger partial charge in [0.05, 0.1) is 23.1 Å².